The van der Waals surface area contributed by atoms with Gasteiger partial charge in [0.15, 0.2) is 6.10 Å². The first-order valence-corrected chi connectivity index (χ1v) is 10.2. The predicted octanol–water partition coefficient (Wildman–Crippen LogP) is 1.74. The summed E-state index contributed by atoms with van der Waals surface area (Å²) >= 11 is 0. The monoisotopic (exact) mass is 378 g/mol. The summed E-state index contributed by atoms with van der Waals surface area (Å²) in [7, 11) is 0. The SMILES string of the molecule is CC1CCN(C(=O)C(C)OC(=O)C(C)N2C(=O)C3CCCCC3C2=O)CC1. The molecule has 27 heavy (non-hydrogen) atoms. The highest BCUT2D eigenvalue weighted by Crippen LogP contribution is 2.39. The highest BCUT2D eigenvalue weighted by atomic mass is 16.5. The Hall–Kier alpha value is -1.92. The van der Waals surface area contributed by atoms with Gasteiger partial charge in [0.1, 0.15) is 6.04 Å². The molecular formula is C20H30N2O5. The van der Waals surface area contributed by atoms with E-state index in [1.165, 1.54) is 6.92 Å². The van der Waals surface area contributed by atoms with Crippen LogP contribution in [0.5, 0.6) is 0 Å². The molecule has 7 nitrogen and oxygen atoms in total. The fourth-order valence-corrected chi connectivity index (χ4v) is 4.48. The van der Waals surface area contributed by atoms with Gasteiger partial charge in [0.05, 0.1) is 11.8 Å². The number of esters is 1. The van der Waals surface area contributed by atoms with E-state index in [9.17, 15) is 19.2 Å². The zero-order valence-electron chi connectivity index (χ0n) is 16.5. The van der Waals surface area contributed by atoms with Crippen molar-refractivity contribution in [1.82, 2.24) is 9.80 Å². The molecule has 0 aromatic heterocycles. The van der Waals surface area contributed by atoms with Gasteiger partial charge in [0, 0.05) is 13.1 Å². The zero-order chi connectivity index (χ0) is 19.7. The van der Waals surface area contributed by atoms with Crippen LogP contribution in [0.15, 0.2) is 0 Å². The maximum absolute atomic E-state index is 12.6. The molecule has 2 saturated heterocycles. The topological polar surface area (TPSA) is 84.0 Å². The lowest BCUT2D eigenvalue weighted by atomic mass is 9.81. The van der Waals surface area contributed by atoms with Crippen LogP contribution < -0.4 is 0 Å². The number of carbonyl (C=O) groups excluding carboxylic acids is 4. The number of piperidine rings is 1. The number of hydrogen-bond acceptors (Lipinski definition) is 5. The third-order valence-electron chi connectivity index (χ3n) is 6.34. The minimum atomic E-state index is -0.993. The van der Waals surface area contributed by atoms with Gasteiger partial charge in [-0.1, -0.05) is 19.8 Å². The third-order valence-corrected chi connectivity index (χ3v) is 6.34. The number of likely N-dealkylation sites (tertiary alicyclic amines) is 2. The van der Waals surface area contributed by atoms with Crippen LogP contribution in [-0.2, 0) is 23.9 Å². The van der Waals surface area contributed by atoms with Gasteiger partial charge in [0.2, 0.25) is 11.8 Å². The Labute approximate surface area is 160 Å². The van der Waals surface area contributed by atoms with Crippen LogP contribution in [0.3, 0.4) is 0 Å². The standard InChI is InChI=1S/C20H30N2O5/c1-12-8-10-21(11-9-12)17(23)14(3)27-20(26)13(2)22-18(24)15-6-4-5-7-16(15)19(22)25/h12-16H,4-11H2,1-3H3. The summed E-state index contributed by atoms with van der Waals surface area (Å²) in [6.45, 7) is 6.57. The van der Waals surface area contributed by atoms with E-state index in [0.717, 1.165) is 30.6 Å². The Kier molecular flexibility index (Phi) is 5.86. The summed E-state index contributed by atoms with van der Waals surface area (Å²) in [5, 5.41) is 0. The summed E-state index contributed by atoms with van der Waals surface area (Å²) in [4.78, 5) is 53.1. The summed E-state index contributed by atoms with van der Waals surface area (Å²) in [5.74, 6) is -1.43. The van der Waals surface area contributed by atoms with Gasteiger partial charge < -0.3 is 9.64 Å². The van der Waals surface area contributed by atoms with Gasteiger partial charge in [-0.2, -0.15) is 0 Å². The largest absolute Gasteiger partial charge is 0.451 e. The average molecular weight is 378 g/mol. The van der Waals surface area contributed by atoms with Gasteiger partial charge in [0.25, 0.3) is 5.91 Å². The van der Waals surface area contributed by atoms with Crippen molar-refractivity contribution in [2.45, 2.75) is 71.4 Å². The molecule has 0 bridgehead atoms. The Bertz CT molecular complexity index is 602. The maximum atomic E-state index is 12.6. The van der Waals surface area contributed by atoms with Crippen molar-refractivity contribution in [2.24, 2.45) is 17.8 Å². The number of fused-ring (bicyclic) bond motifs is 1. The van der Waals surface area contributed by atoms with E-state index in [2.05, 4.69) is 6.92 Å². The molecule has 3 fully saturated rings. The number of carbonyl (C=O) groups is 4. The quantitative estimate of drug-likeness (QED) is 0.550. The van der Waals surface area contributed by atoms with Crippen molar-refractivity contribution in [3.05, 3.63) is 0 Å². The Morgan fingerprint density at radius 2 is 1.48 bits per heavy atom. The molecule has 3 aliphatic rings. The molecule has 4 atom stereocenters. The molecule has 0 spiro atoms. The fraction of sp³-hybridized carbons (Fsp3) is 0.800. The maximum Gasteiger partial charge on any atom is 0.329 e. The number of imide groups is 1. The van der Waals surface area contributed by atoms with Crippen LogP contribution >= 0.6 is 0 Å². The minimum absolute atomic E-state index is 0.213. The average Bonchev–Trinajstić information content (AvgIpc) is 2.92. The second-order valence-corrected chi connectivity index (χ2v) is 8.31. The van der Waals surface area contributed by atoms with Crippen molar-refractivity contribution >= 4 is 23.7 Å². The number of ether oxygens (including phenoxy) is 1. The summed E-state index contributed by atoms with van der Waals surface area (Å²) in [6, 6.07) is -0.993. The molecule has 0 N–H and O–H groups in total. The fourth-order valence-electron chi connectivity index (χ4n) is 4.48. The summed E-state index contributed by atoms with van der Waals surface area (Å²) in [6.07, 6.45) is 4.26. The van der Waals surface area contributed by atoms with Crippen LogP contribution in [0.1, 0.15) is 59.3 Å². The number of nitrogens with zero attached hydrogens (tertiary/aromatic N) is 2. The first kappa shape index (κ1) is 19.8. The molecule has 7 heteroatoms. The van der Waals surface area contributed by atoms with Crippen LogP contribution in [0, 0.1) is 17.8 Å². The summed E-state index contributed by atoms with van der Waals surface area (Å²) < 4.78 is 5.34. The minimum Gasteiger partial charge on any atom is -0.451 e. The van der Waals surface area contributed by atoms with Crippen LogP contribution in [0.2, 0.25) is 0 Å². The number of hydrogen-bond donors (Lipinski definition) is 0. The highest BCUT2D eigenvalue weighted by Gasteiger charge is 2.51. The molecule has 3 amide bonds. The van der Waals surface area contributed by atoms with E-state index in [1.54, 1.807) is 11.8 Å². The van der Waals surface area contributed by atoms with E-state index >= 15 is 0 Å². The third kappa shape index (κ3) is 3.87. The molecule has 4 unspecified atom stereocenters. The molecule has 0 aromatic carbocycles. The normalized spacial score (nSPS) is 28.7. The molecule has 1 saturated carbocycles. The second kappa shape index (κ2) is 7.98. The molecule has 1 aliphatic carbocycles. The zero-order valence-corrected chi connectivity index (χ0v) is 16.5. The lowest BCUT2D eigenvalue weighted by Gasteiger charge is -2.32. The van der Waals surface area contributed by atoms with Crippen molar-refractivity contribution in [3.63, 3.8) is 0 Å². The van der Waals surface area contributed by atoms with E-state index < -0.39 is 18.1 Å². The molecular weight excluding hydrogens is 348 g/mol. The van der Waals surface area contributed by atoms with Crippen molar-refractivity contribution < 1.29 is 23.9 Å². The van der Waals surface area contributed by atoms with Crippen LogP contribution in [0.4, 0.5) is 0 Å². The van der Waals surface area contributed by atoms with Crippen LogP contribution in [-0.4, -0.2) is 58.7 Å². The highest BCUT2D eigenvalue weighted by molar-refractivity contribution is 6.07. The molecule has 2 heterocycles. The van der Waals surface area contributed by atoms with Crippen LogP contribution in [0.25, 0.3) is 0 Å². The Balaban J connectivity index is 1.59. The first-order chi connectivity index (χ1) is 12.8. The second-order valence-electron chi connectivity index (χ2n) is 8.31. The molecule has 3 rings (SSSR count). The molecule has 0 radical (unpaired) electrons. The molecule has 2 aliphatic heterocycles. The van der Waals surface area contributed by atoms with E-state index in [4.69, 9.17) is 4.74 Å². The van der Waals surface area contributed by atoms with E-state index in [-0.39, 0.29) is 29.6 Å². The number of amides is 3. The molecule has 0 aromatic rings. The van der Waals surface area contributed by atoms with Crippen molar-refractivity contribution in [2.75, 3.05) is 13.1 Å². The molecule has 150 valence electrons. The Morgan fingerprint density at radius 1 is 0.963 bits per heavy atom. The van der Waals surface area contributed by atoms with E-state index in [0.29, 0.717) is 31.8 Å². The lowest BCUT2D eigenvalue weighted by molar-refractivity contribution is -0.166. The van der Waals surface area contributed by atoms with Gasteiger partial charge in [-0.3, -0.25) is 19.3 Å². The van der Waals surface area contributed by atoms with Gasteiger partial charge in [-0.05, 0) is 45.4 Å². The van der Waals surface area contributed by atoms with E-state index in [1.807, 2.05) is 0 Å². The first-order valence-electron chi connectivity index (χ1n) is 10.2. The Morgan fingerprint density at radius 3 is 2.00 bits per heavy atom. The predicted molar refractivity (Wildman–Crippen MR) is 97.3 cm³/mol. The van der Waals surface area contributed by atoms with Crippen molar-refractivity contribution in [3.8, 4) is 0 Å². The van der Waals surface area contributed by atoms with Gasteiger partial charge >= 0.3 is 5.97 Å². The van der Waals surface area contributed by atoms with Gasteiger partial charge in [-0.15, -0.1) is 0 Å². The smallest absolute Gasteiger partial charge is 0.329 e. The summed E-state index contributed by atoms with van der Waals surface area (Å²) in [5.41, 5.74) is 0. The van der Waals surface area contributed by atoms with Gasteiger partial charge in [-0.25, -0.2) is 4.79 Å². The van der Waals surface area contributed by atoms with Crippen molar-refractivity contribution in [1.29, 1.82) is 0 Å². The number of rotatable bonds is 4. The lowest BCUT2D eigenvalue weighted by Crippen LogP contribution is -2.48.